The summed E-state index contributed by atoms with van der Waals surface area (Å²) in [6.45, 7) is 4.32. The van der Waals surface area contributed by atoms with E-state index in [0.29, 0.717) is 16.8 Å². The molecule has 0 aromatic heterocycles. The van der Waals surface area contributed by atoms with Crippen molar-refractivity contribution in [2.75, 3.05) is 5.32 Å². The normalized spacial score (nSPS) is 10.5. The molecule has 0 fully saturated rings. The van der Waals surface area contributed by atoms with Crippen molar-refractivity contribution in [2.24, 2.45) is 0 Å². The summed E-state index contributed by atoms with van der Waals surface area (Å²) in [5.74, 6) is 0.0431. The molecule has 2 aromatic rings. The second kappa shape index (κ2) is 5.61. The van der Waals surface area contributed by atoms with Gasteiger partial charge in [0, 0.05) is 12.2 Å². The Morgan fingerprint density at radius 3 is 2.37 bits per heavy atom. The predicted molar refractivity (Wildman–Crippen MR) is 79.0 cm³/mol. The maximum Gasteiger partial charge on any atom is 0.139 e. The molecule has 0 amide bonds. The summed E-state index contributed by atoms with van der Waals surface area (Å²) >= 11 is 3.12. The van der Waals surface area contributed by atoms with Crippen molar-refractivity contribution in [1.82, 2.24) is 0 Å². The van der Waals surface area contributed by atoms with Crippen LogP contribution in [0.2, 0.25) is 0 Å². The number of aromatic hydroxyl groups is 1. The van der Waals surface area contributed by atoms with E-state index in [-0.39, 0.29) is 5.82 Å². The molecule has 4 heteroatoms. The number of halogens is 2. The smallest absolute Gasteiger partial charge is 0.139 e. The van der Waals surface area contributed by atoms with Gasteiger partial charge in [-0.2, -0.15) is 0 Å². The first kappa shape index (κ1) is 13.9. The highest BCUT2D eigenvalue weighted by Crippen LogP contribution is 2.24. The van der Waals surface area contributed by atoms with Gasteiger partial charge in [-0.3, -0.25) is 0 Å². The molecule has 2 aromatic carbocycles. The summed E-state index contributed by atoms with van der Waals surface area (Å²) in [6, 6.07) is 8.78. The van der Waals surface area contributed by atoms with Gasteiger partial charge in [0.1, 0.15) is 11.6 Å². The number of aryl methyl sites for hydroxylation is 2. The summed E-state index contributed by atoms with van der Waals surface area (Å²) in [7, 11) is 0. The van der Waals surface area contributed by atoms with Gasteiger partial charge < -0.3 is 10.4 Å². The summed E-state index contributed by atoms with van der Waals surface area (Å²) in [5.41, 5.74) is 3.47. The van der Waals surface area contributed by atoms with E-state index in [1.165, 1.54) is 6.07 Å². The Balaban J connectivity index is 2.12. The van der Waals surface area contributed by atoms with Gasteiger partial charge in [0.15, 0.2) is 0 Å². The van der Waals surface area contributed by atoms with E-state index in [1.807, 2.05) is 32.0 Å². The number of anilines is 1. The molecule has 0 aliphatic rings. The van der Waals surface area contributed by atoms with Crippen LogP contribution in [-0.4, -0.2) is 5.11 Å². The largest absolute Gasteiger partial charge is 0.507 e. The number of benzene rings is 2. The van der Waals surface area contributed by atoms with Crippen molar-refractivity contribution in [2.45, 2.75) is 20.4 Å². The molecule has 0 bridgehead atoms. The van der Waals surface area contributed by atoms with E-state index in [2.05, 4.69) is 21.2 Å². The van der Waals surface area contributed by atoms with Crippen molar-refractivity contribution in [3.05, 3.63) is 57.3 Å². The summed E-state index contributed by atoms with van der Waals surface area (Å²) in [6.07, 6.45) is 0. The highest BCUT2D eigenvalue weighted by Gasteiger charge is 2.04. The fraction of sp³-hybridized carbons (Fsp3) is 0.200. The van der Waals surface area contributed by atoms with E-state index in [4.69, 9.17) is 0 Å². The third-order valence-electron chi connectivity index (χ3n) is 2.97. The lowest BCUT2D eigenvalue weighted by Gasteiger charge is -2.10. The molecule has 0 heterocycles. The molecule has 0 aliphatic carbocycles. The highest BCUT2D eigenvalue weighted by atomic mass is 79.9. The highest BCUT2D eigenvalue weighted by molar-refractivity contribution is 9.10. The summed E-state index contributed by atoms with van der Waals surface area (Å²) < 4.78 is 13.8. The number of nitrogens with one attached hydrogen (secondary N) is 1. The molecule has 0 unspecified atom stereocenters. The number of rotatable bonds is 3. The Hall–Kier alpha value is -1.55. The lowest BCUT2D eigenvalue weighted by molar-refractivity contribution is 0.466. The zero-order valence-corrected chi connectivity index (χ0v) is 12.4. The molecule has 100 valence electrons. The number of hydrogen-bond acceptors (Lipinski definition) is 2. The Morgan fingerprint density at radius 2 is 1.79 bits per heavy atom. The van der Waals surface area contributed by atoms with Gasteiger partial charge in [0.25, 0.3) is 0 Å². The average molecular weight is 324 g/mol. The molecule has 0 atom stereocenters. The lowest BCUT2D eigenvalue weighted by Crippen LogP contribution is -2.00. The summed E-state index contributed by atoms with van der Waals surface area (Å²) in [5, 5.41) is 12.9. The molecular formula is C15H15BrFNO. The van der Waals surface area contributed by atoms with Gasteiger partial charge in [0.05, 0.1) is 4.47 Å². The molecule has 0 aliphatic heterocycles. The quantitative estimate of drug-likeness (QED) is 0.870. The van der Waals surface area contributed by atoms with Crippen molar-refractivity contribution in [3.63, 3.8) is 0 Å². The van der Waals surface area contributed by atoms with Crippen LogP contribution in [0.15, 0.2) is 34.8 Å². The van der Waals surface area contributed by atoms with Crippen molar-refractivity contribution in [3.8, 4) is 5.75 Å². The molecule has 2 nitrogen and oxygen atoms in total. The van der Waals surface area contributed by atoms with Crippen LogP contribution in [0.4, 0.5) is 10.1 Å². The zero-order valence-electron chi connectivity index (χ0n) is 10.8. The van der Waals surface area contributed by atoms with E-state index >= 15 is 0 Å². The maximum atomic E-state index is 13.4. The minimum Gasteiger partial charge on any atom is -0.507 e. The fourth-order valence-corrected chi connectivity index (χ4v) is 2.20. The molecular weight excluding hydrogens is 309 g/mol. The monoisotopic (exact) mass is 323 g/mol. The van der Waals surface area contributed by atoms with E-state index in [0.717, 1.165) is 22.4 Å². The van der Waals surface area contributed by atoms with Gasteiger partial charge in [-0.25, -0.2) is 4.39 Å². The van der Waals surface area contributed by atoms with Crippen molar-refractivity contribution < 1.29 is 9.50 Å². The molecule has 0 radical (unpaired) electrons. The second-order valence-corrected chi connectivity index (χ2v) is 5.42. The zero-order chi connectivity index (χ0) is 14.0. The van der Waals surface area contributed by atoms with Gasteiger partial charge >= 0.3 is 0 Å². The van der Waals surface area contributed by atoms with Crippen LogP contribution in [0.25, 0.3) is 0 Å². The van der Waals surface area contributed by atoms with Gasteiger partial charge in [-0.05, 0) is 64.7 Å². The van der Waals surface area contributed by atoms with Gasteiger partial charge in [-0.15, -0.1) is 0 Å². The van der Waals surface area contributed by atoms with Crippen LogP contribution in [0, 0.1) is 19.7 Å². The first-order valence-corrected chi connectivity index (χ1v) is 6.74. The van der Waals surface area contributed by atoms with Crippen LogP contribution in [0.1, 0.15) is 16.7 Å². The standard InChI is InChI=1S/C15H15BrFNO/c1-9-5-11(6-10(2)15(9)19)8-18-12-3-4-13(16)14(17)7-12/h3-7,18-19H,8H2,1-2H3. The first-order valence-electron chi connectivity index (χ1n) is 5.95. The van der Waals surface area contributed by atoms with Crippen LogP contribution >= 0.6 is 15.9 Å². The predicted octanol–water partition coefficient (Wildman–Crippen LogP) is 4.52. The van der Waals surface area contributed by atoms with Gasteiger partial charge in [0.2, 0.25) is 0 Å². The van der Waals surface area contributed by atoms with Crippen LogP contribution in [0.3, 0.4) is 0 Å². The number of hydrogen-bond donors (Lipinski definition) is 2. The molecule has 2 rings (SSSR count). The second-order valence-electron chi connectivity index (χ2n) is 4.56. The van der Waals surface area contributed by atoms with Crippen molar-refractivity contribution in [1.29, 1.82) is 0 Å². The Morgan fingerprint density at radius 1 is 1.16 bits per heavy atom. The minimum absolute atomic E-state index is 0.289. The lowest BCUT2D eigenvalue weighted by atomic mass is 10.1. The Bertz CT molecular complexity index is 590. The Kier molecular flexibility index (Phi) is 4.10. The van der Waals surface area contributed by atoms with Crippen LogP contribution in [-0.2, 0) is 6.54 Å². The maximum absolute atomic E-state index is 13.4. The first-order chi connectivity index (χ1) is 8.97. The molecule has 19 heavy (non-hydrogen) atoms. The average Bonchev–Trinajstić information content (AvgIpc) is 2.37. The van der Waals surface area contributed by atoms with E-state index in [9.17, 15) is 9.50 Å². The number of phenols is 1. The summed E-state index contributed by atoms with van der Waals surface area (Å²) in [4.78, 5) is 0. The third-order valence-corrected chi connectivity index (χ3v) is 3.61. The van der Waals surface area contributed by atoms with E-state index < -0.39 is 0 Å². The minimum atomic E-state index is -0.289. The SMILES string of the molecule is Cc1cc(CNc2ccc(Br)c(F)c2)cc(C)c1O. The third kappa shape index (κ3) is 3.26. The molecule has 0 saturated carbocycles. The van der Waals surface area contributed by atoms with Crippen LogP contribution < -0.4 is 5.32 Å². The van der Waals surface area contributed by atoms with Crippen LogP contribution in [0.5, 0.6) is 5.75 Å². The molecule has 2 N–H and O–H groups in total. The van der Waals surface area contributed by atoms with Crippen molar-refractivity contribution >= 4 is 21.6 Å². The molecule has 0 saturated heterocycles. The van der Waals surface area contributed by atoms with Gasteiger partial charge in [-0.1, -0.05) is 12.1 Å². The number of phenolic OH excluding ortho intramolecular Hbond substituents is 1. The Labute approximate surface area is 120 Å². The topological polar surface area (TPSA) is 32.3 Å². The van der Waals surface area contributed by atoms with E-state index in [1.54, 1.807) is 6.07 Å². The fourth-order valence-electron chi connectivity index (χ4n) is 1.96. The molecule has 0 spiro atoms.